The highest BCUT2D eigenvalue weighted by molar-refractivity contribution is 7.92. The molecule has 0 unspecified atom stereocenters. The van der Waals surface area contributed by atoms with Crippen LogP contribution in [0.1, 0.15) is 10.5 Å². The summed E-state index contributed by atoms with van der Waals surface area (Å²) in [4.78, 5) is 20.2. The Kier molecular flexibility index (Phi) is 2.98. The van der Waals surface area contributed by atoms with Crippen molar-refractivity contribution in [3.05, 3.63) is 36.4 Å². The average molecular weight is 268 g/mol. The number of carboxylic acid groups (broad SMARTS) is 1. The number of rotatable bonds is 4. The zero-order valence-corrected chi connectivity index (χ0v) is 9.68. The number of carbonyl (C=O) groups is 1. The molecule has 8 nitrogen and oxygen atoms in total. The van der Waals surface area contributed by atoms with Crippen molar-refractivity contribution in [2.75, 3.05) is 4.72 Å². The SMILES string of the molecule is O=C(O)c1cc(S(=O)(=O)Nc2ncccn2)c[nH]1. The van der Waals surface area contributed by atoms with Crippen LogP contribution in [0.25, 0.3) is 0 Å². The number of sulfonamides is 1. The van der Waals surface area contributed by atoms with Gasteiger partial charge in [-0.15, -0.1) is 0 Å². The van der Waals surface area contributed by atoms with E-state index in [4.69, 9.17) is 5.11 Å². The third-order valence-corrected chi connectivity index (χ3v) is 3.30. The van der Waals surface area contributed by atoms with Crippen LogP contribution < -0.4 is 4.72 Å². The van der Waals surface area contributed by atoms with E-state index in [1.807, 2.05) is 0 Å². The van der Waals surface area contributed by atoms with Gasteiger partial charge in [-0.25, -0.2) is 27.9 Å². The van der Waals surface area contributed by atoms with Crippen molar-refractivity contribution in [2.45, 2.75) is 4.90 Å². The number of aromatic carboxylic acids is 1. The Morgan fingerprint density at radius 3 is 2.56 bits per heavy atom. The van der Waals surface area contributed by atoms with Crippen molar-refractivity contribution >= 4 is 21.9 Å². The van der Waals surface area contributed by atoms with Gasteiger partial charge in [0.15, 0.2) is 0 Å². The smallest absolute Gasteiger partial charge is 0.352 e. The van der Waals surface area contributed by atoms with Crippen LogP contribution in [0, 0.1) is 0 Å². The fourth-order valence-electron chi connectivity index (χ4n) is 1.18. The van der Waals surface area contributed by atoms with Gasteiger partial charge in [-0.3, -0.25) is 0 Å². The van der Waals surface area contributed by atoms with E-state index in [0.29, 0.717) is 0 Å². The molecule has 0 aliphatic heterocycles. The van der Waals surface area contributed by atoms with Crippen molar-refractivity contribution in [3.8, 4) is 0 Å². The maximum atomic E-state index is 11.8. The zero-order valence-electron chi connectivity index (χ0n) is 8.86. The highest BCUT2D eigenvalue weighted by atomic mass is 32.2. The third-order valence-electron chi connectivity index (χ3n) is 1.99. The number of hydrogen-bond donors (Lipinski definition) is 3. The summed E-state index contributed by atoms with van der Waals surface area (Å²) in [6.07, 6.45) is 3.84. The lowest BCUT2D eigenvalue weighted by Crippen LogP contribution is -2.14. The van der Waals surface area contributed by atoms with Crippen molar-refractivity contribution in [2.24, 2.45) is 0 Å². The molecule has 0 aliphatic rings. The second kappa shape index (κ2) is 4.45. The lowest BCUT2D eigenvalue weighted by atomic mass is 10.4. The fraction of sp³-hybridized carbons (Fsp3) is 0. The Balaban J connectivity index is 2.28. The highest BCUT2D eigenvalue weighted by Crippen LogP contribution is 2.13. The first-order valence-corrected chi connectivity index (χ1v) is 6.19. The summed E-state index contributed by atoms with van der Waals surface area (Å²) in [5.41, 5.74) is -0.218. The summed E-state index contributed by atoms with van der Waals surface area (Å²) in [5.74, 6) is -1.33. The van der Waals surface area contributed by atoms with E-state index in [1.165, 1.54) is 18.5 Å². The number of H-pyrrole nitrogens is 1. The van der Waals surface area contributed by atoms with Crippen molar-refractivity contribution in [3.63, 3.8) is 0 Å². The van der Waals surface area contributed by atoms with Gasteiger partial charge in [-0.05, 0) is 12.1 Å². The van der Waals surface area contributed by atoms with Gasteiger partial charge < -0.3 is 10.1 Å². The maximum absolute atomic E-state index is 11.8. The third kappa shape index (κ3) is 2.46. The summed E-state index contributed by atoms with van der Waals surface area (Å²) in [7, 11) is -3.90. The van der Waals surface area contributed by atoms with Gasteiger partial charge in [0.25, 0.3) is 10.0 Å². The Bertz CT molecular complexity index is 665. The molecule has 0 radical (unpaired) electrons. The van der Waals surface area contributed by atoms with Crippen LogP contribution in [-0.2, 0) is 10.0 Å². The molecule has 0 spiro atoms. The minimum Gasteiger partial charge on any atom is -0.477 e. The van der Waals surface area contributed by atoms with E-state index in [2.05, 4.69) is 19.7 Å². The van der Waals surface area contributed by atoms with Crippen LogP contribution >= 0.6 is 0 Å². The second-order valence-corrected chi connectivity index (χ2v) is 4.91. The molecule has 0 amide bonds. The predicted molar refractivity (Wildman–Crippen MR) is 60.6 cm³/mol. The number of hydrogen-bond acceptors (Lipinski definition) is 5. The van der Waals surface area contributed by atoms with Crippen molar-refractivity contribution < 1.29 is 18.3 Å². The van der Waals surface area contributed by atoms with Gasteiger partial charge in [-0.1, -0.05) is 0 Å². The van der Waals surface area contributed by atoms with Gasteiger partial charge >= 0.3 is 5.97 Å². The largest absolute Gasteiger partial charge is 0.477 e. The van der Waals surface area contributed by atoms with Crippen LogP contribution in [0.3, 0.4) is 0 Å². The molecule has 0 fully saturated rings. The minimum absolute atomic E-state index is 0.0874. The summed E-state index contributed by atoms with van der Waals surface area (Å²) in [6, 6.07) is 2.55. The van der Waals surface area contributed by atoms with E-state index in [1.54, 1.807) is 0 Å². The summed E-state index contributed by atoms with van der Waals surface area (Å²) >= 11 is 0. The molecule has 3 N–H and O–H groups in total. The molecule has 0 aromatic carbocycles. The van der Waals surface area contributed by atoms with Crippen LogP contribution in [-0.4, -0.2) is 34.4 Å². The van der Waals surface area contributed by atoms with Gasteiger partial charge in [0.2, 0.25) is 5.95 Å². The lowest BCUT2D eigenvalue weighted by molar-refractivity contribution is 0.0691. The monoisotopic (exact) mass is 268 g/mol. The van der Waals surface area contributed by atoms with Gasteiger partial charge in [0.1, 0.15) is 10.6 Å². The Morgan fingerprint density at radius 1 is 1.33 bits per heavy atom. The maximum Gasteiger partial charge on any atom is 0.352 e. The number of carboxylic acids is 1. The molecule has 2 aromatic heterocycles. The topological polar surface area (TPSA) is 125 Å². The molecule has 0 saturated heterocycles. The molecule has 18 heavy (non-hydrogen) atoms. The normalized spacial score (nSPS) is 11.1. The summed E-state index contributed by atoms with van der Waals surface area (Å²) in [5, 5.41) is 8.68. The minimum atomic E-state index is -3.90. The molecule has 0 bridgehead atoms. The first kappa shape index (κ1) is 12.0. The molecule has 0 atom stereocenters. The van der Waals surface area contributed by atoms with Gasteiger partial charge in [0, 0.05) is 18.6 Å². The molecule has 2 heterocycles. The molecule has 94 valence electrons. The fourth-order valence-corrected chi connectivity index (χ4v) is 2.13. The van der Waals surface area contributed by atoms with E-state index in [9.17, 15) is 13.2 Å². The van der Waals surface area contributed by atoms with E-state index in [-0.39, 0.29) is 16.5 Å². The average Bonchev–Trinajstić information content (AvgIpc) is 2.79. The molecular weight excluding hydrogens is 260 g/mol. The number of aromatic nitrogens is 3. The standard InChI is InChI=1S/C9H8N4O4S/c14-8(15)7-4-6(5-12-7)18(16,17)13-9-10-2-1-3-11-9/h1-5,12H,(H,14,15)(H,10,11,13). The predicted octanol–water partition coefficient (Wildman–Crippen LogP) is 0.304. The zero-order chi connectivity index (χ0) is 13.2. The van der Waals surface area contributed by atoms with Crippen LogP contribution in [0.4, 0.5) is 5.95 Å². The lowest BCUT2D eigenvalue weighted by Gasteiger charge is -2.03. The van der Waals surface area contributed by atoms with Crippen LogP contribution in [0.2, 0.25) is 0 Å². The second-order valence-electron chi connectivity index (χ2n) is 3.23. The first-order valence-electron chi connectivity index (χ1n) is 4.70. The molecule has 2 rings (SSSR count). The van der Waals surface area contributed by atoms with E-state index in [0.717, 1.165) is 12.3 Å². The Labute approximate surface area is 102 Å². The molecule has 2 aromatic rings. The quantitative estimate of drug-likeness (QED) is 0.732. The number of anilines is 1. The van der Waals surface area contributed by atoms with E-state index < -0.39 is 16.0 Å². The Hall–Kier alpha value is -2.42. The van der Waals surface area contributed by atoms with Crippen molar-refractivity contribution in [1.82, 2.24) is 15.0 Å². The number of aromatic amines is 1. The number of nitrogens with one attached hydrogen (secondary N) is 2. The van der Waals surface area contributed by atoms with Gasteiger partial charge in [0.05, 0.1) is 0 Å². The summed E-state index contributed by atoms with van der Waals surface area (Å²) in [6.45, 7) is 0. The molecule has 0 aliphatic carbocycles. The van der Waals surface area contributed by atoms with Crippen LogP contribution in [0.5, 0.6) is 0 Å². The van der Waals surface area contributed by atoms with Gasteiger partial charge in [-0.2, -0.15) is 0 Å². The highest BCUT2D eigenvalue weighted by Gasteiger charge is 2.19. The first-order chi connectivity index (χ1) is 8.49. The summed E-state index contributed by atoms with van der Waals surface area (Å²) < 4.78 is 25.8. The van der Waals surface area contributed by atoms with E-state index >= 15 is 0 Å². The van der Waals surface area contributed by atoms with Crippen molar-refractivity contribution in [1.29, 1.82) is 0 Å². The molecule has 0 saturated carbocycles. The molecular formula is C9H8N4O4S. The van der Waals surface area contributed by atoms with Crippen LogP contribution in [0.15, 0.2) is 35.6 Å². The number of nitrogens with zero attached hydrogens (tertiary/aromatic N) is 2. The Morgan fingerprint density at radius 2 is 2.00 bits per heavy atom. The molecule has 9 heteroatoms.